The van der Waals surface area contributed by atoms with Gasteiger partial charge in [-0.15, -0.1) is 11.3 Å². The van der Waals surface area contributed by atoms with Gasteiger partial charge in [0.1, 0.15) is 6.04 Å². The highest BCUT2D eigenvalue weighted by Crippen LogP contribution is 2.12. The van der Waals surface area contributed by atoms with E-state index in [-0.39, 0.29) is 17.9 Å². The van der Waals surface area contributed by atoms with Crippen molar-refractivity contribution in [1.82, 2.24) is 15.2 Å². The third kappa shape index (κ3) is 3.53. The zero-order chi connectivity index (χ0) is 13.8. The summed E-state index contributed by atoms with van der Waals surface area (Å²) in [6.07, 6.45) is 1.78. The van der Waals surface area contributed by atoms with Crippen LogP contribution in [0.2, 0.25) is 0 Å². The predicted octanol–water partition coefficient (Wildman–Crippen LogP) is 1.12. The second-order valence-corrected chi connectivity index (χ2v) is 5.68. The number of thiazole rings is 1. The van der Waals surface area contributed by atoms with Crippen molar-refractivity contribution in [3.05, 3.63) is 16.1 Å². The van der Waals surface area contributed by atoms with E-state index in [1.54, 1.807) is 16.2 Å². The molecule has 1 N–H and O–H groups in total. The highest BCUT2D eigenvalue weighted by atomic mass is 32.1. The molecular formula is C13H19N3O2S. The van der Waals surface area contributed by atoms with Gasteiger partial charge in [-0.3, -0.25) is 9.59 Å². The molecule has 2 rings (SSSR count). The average molecular weight is 281 g/mol. The minimum Gasteiger partial charge on any atom is -0.344 e. The van der Waals surface area contributed by atoms with Gasteiger partial charge in [0, 0.05) is 37.0 Å². The Balaban J connectivity index is 1.97. The Bertz CT molecular complexity index is 472. The third-order valence-corrected chi connectivity index (χ3v) is 4.25. The van der Waals surface area contributed by atoms with Crippen LogP contribution in [0.4, 0.5) is 0 Å². The molecule has 0 radical (unpaired) electrons. The van der Waals surface area contributed by atoms with E-state index in [2.05, 4.69) is 10.3 Å². The Labute approximate surface area is 117 Å². The van der Waals surface area contributed by atoms with Crippen molar-refractivity contribution in [3.63, 3.8) is 0 Å². The highest BCUT2D eigenvalue weighted by molar-refractivity contribution is 7.09. The fourth-order valence-corrected chi connectivity index (χ4v) is 2.91. The van der Waals surface area contributed by atoms with E-state index in [1.807, 2.05) is 19.2 Å². The van der Waals surface area contributed by atoms with Crippen LogP contribution < -0.4 is 5.32 Å². The highest BCUT2D eigenvalue weighted by Gasteiger charge is 2.28. The zero-order valence-corrected chi connectivity index (χ0v) is 12.1. The molecule has 0 saturated carbocycles. The van der Waals surface area contributed by atoms with Crippen molar-refractivity contribution in [2.75, 3.05) is 13.1 Å². The van der Waals surface area contributed by atoms with E-state index in [1.165, 1.54) is 0 Å². The van der Waals surface area contributed by atoms with Crippen molar-refractivity contribution in [2.24, 2.45) is 0 Å². The molecule has 1 aliphatic rings. The fraction of sp³-hybridized carbons (Fsp3) is 0.615. The molecule has 1 aliphatic heterocycles. The minimum absolute atomic E-state index is 0.0293. The second-order valence-electron chi connectivity index (χ2n) is 4.74. The Morgan fingerprint density at radius 1 is 1.53 bits per heavy atom. The molecule has 1 aromatic rings. The number of nitrogens with one attached hydrogen (secondary N) is 1. The number of nitrogens with zero attached hydrogens (tertiary/aromatic N) is 2. The zero-order valence-electron chi connectivity index (χ0n) is 11.3. The Kier molecular flexibility index (Phi) is 4.52. The molecular weight excluding hydrogens is 262 g/mol. The van der Waals surface area contributed by atoms with Crippen molar-refractivity contribution in [2.45, 2.75) is 39.2 Å². The molecule has 0 aromatic carbocycles. The summed E-state index contributed by atoms with van der Waals surface area (Å²) in [6, 6.07) is -0.368. The molecule has 1 fully saturated rings. The van der Waals surface area contributed by atoms with Crippen LogP contribution in [0.5, 0.6) is 0 Å². The first-order valence-corrected chi connectivity index (χ1v) is 7.47. The minimum atomic E-state index is -0.368. The molecule has 1 aromatic heterocycles. The molecule has 19 heavy (non-hydrogen) atoms. The summed E-state index contributed by atoms with van der Waals surface area (Å²) in [5, 5.41) is 5.82. The summed E-state index contributed by atoms with van der Waals surface area (Å²) < 4.78 is 0. The van der Waals surface area contributed by atoms with Gasteiger partial charge in [-0.25, -0.2) is 4.98 Å². The largest absolute Gasteiger partial charge is 0.344 e. The normalized spacial score (nSPS) is 20.3. The van der Waals surface area contributed by atoms with E-state index < -0.39 is 0 Å². The summed E-state index contributed by atoms with van der Waals surface area (Å²) in [4.78, 5) is 29.9. The molecule has 0 bridgehead atoms. The lowest BCUT2D eigenvalue weighted by molar-refractivity contribution is -0.133. The van der Waals surface area contributed by atoms with E-state index in [0.29, 0.717) is 25.9 Å². The third-order valence-electron chi connectivity index (χ3n) is 3.22. The topological polar surface area (TPSA) is 62.3 Å². The van der Waals surface area contributed by atoms with Crippen LogP contribution in [-0.2, 0) is 16.0 Å². The molecule has 0 spiro atoms. The van der Waals surface area contributed by atoms with Crippen LogP contribution in [0, 0.1) is 6.92 Å². The SMILES string of the molecule is CCC1NC(=O)CCN(CCc2nc(C)cs2)C1=O. The molecule has 6 heteroatoms. The van der Waals surface area contributed by atoms with Gasteiger partial charge >= 0.3 is 0 Å². The second kappa shape index (κ2) is 6.14. The summed E-state index contributed by atoms with van der Waals surface area (Å²) in [5.41, 5.74) is 1.02. The maximum Gasteiger partial charge on any atom is 0.245 e. The van der Waals surface area contributed by atoms with Crippen LogP contribution >= 0.6 is 11.3 Å². The first-order valence-electron chi connectivity index (χ1n) is 6.59. The summed E-state index contributed by atoms with van der Waals surface area (Å²) in [7, 11) is 0. The van der Waals surface area contributed by atoms with Gasteiger partial charge in [-0.05, 0) is 13.3 Å². The van der Waals surface area contributed by atoms with Crippen molar-refractivity contribution >= 4 is 23.2 Å². The predicted molar refractivity (Wildman–Crippen MR) is 74.0 cm³/mol. The van der Waals surface area contributed by atoms with Crippen LogP contribution in [0.1, 0.15) is 30.5 Å². The number of carbonyl (C=O) groups is 2. The lowest BCUT2D eigenvalue weighted by Crippen LogP contribution is -2.44. The fourth-order valence-electron chi connectivity index (χ4n) is 2.14. The molecule has 2 heterocycles. The number of aromatic nitrogens is 1. The Hall–Kier alpha value is -1.43. The number of hydrogen-bond donors (Lipinski definition) is 1. The van der Waals surface area contributed by atoms with Gasteiger partial charge in [-0.2, -0.15) is 0 Å². The van der Waals surface area contributed by atoms with Crippen molar-refractivity contribution < 1.29 is 9.59 Å². The molecule has 0 aliphatic carbocycles. The van der Waals surface area contributed by atoms with E-state index in [9.17, 15) is 9.59 Å². The van der Waals surface area contributed by atoms with Gasteiger partial charge < -0.3 is 10.2 Å². The van der Waals surface area contributed by atoms with E-state index in [4.69, 9.17) is 0 Å². The standard InChI is InChI=1S/C13H19N3O2S/c1-3-10-13(18)16(6-4-11(17)15-10)7-5-12-14-9(2)8-19-12/h8,10H,3-7H2,1-2H3,(H,15,17). The number of rotatable bonds is 4. The van der Waals surface area contributed by atoms with E-state index >= 15 is 0 Å². The number of hydrogen-bond acceptors (Lipinski definition) is 4. The van der Waals surface area contributed by atoms with Gasteiger partial charge in [0.25, 0.3) is 0 Å². The van der Waals surface area contributed by atoms with Crippen LogP contribution in [0.25, 0.3) is 0 Å². The Morgan fingerprint density at radius 3 is 2.95 bits per heavy atom. The number of aryl methyl sites for hydroxylation is 1. The van der Waals surface area contributed by atoms with Crippen molar-refractivity contribution in [1.29, 1.82) is 0 Å². The number of amides is 2. The van der Waals surface area contributed by atoms with Gasteiger partial charge in [0.05, 0.1) is 5.01 Å². The van der Waals surface area contributed by atoms with Gasteiger partial charge in [0.2, 0.25) is 11.8 Å². The summed E-state index contributed by atoms with van der Waals surface area (Å²) >= 11 is 1.62. The van der Waals surface area contributed by atoms with Crippen molar-refractivity contribution in [3.8, 4) is 0 Å². The van der Waals surface area contributed by atoms with Crippen LogP contribution in [0.15, 0.2) is 5.38 Å². The van der Waals surface area contributed by atoms with Gasteiger partial charge in [0.15, 0.2) is 0 Å². The summed E-state index contributed by atoms with van der Waals surface area (Å²) in [6.45, 7) is 5.02. The molecule has 104 valence electrons. The summed E-state index contributed by atoms with van der Waals surface area (Å²) in [5.74, 6) is -0.00517. The van der Waals surface area contributed by atoms with Gasteiger partial charge in [-0.1, -0.05) is 6.92 Å². The van der Waals surface area contributed by atoms with Crippen LogP contribution in [0.3, 0.4) is 0 Å². The first kappa shape index (κ1) is 14.0. The van der Waals surface area contributed by atoms with Crippen LogP contribution in [-0.4, -0.2) is 40.8 Å². The lowest BCUT2D eigenvalue weighted by Gasteiger charge is -2.22. The molecule has 2 amide bonds. The molecule has 5 nitrogen and oxygen atoms in total. The average Bonchev–Trinajstić information content (AvgIpc) is 2.75. The maximum atomic E-state index is 12.2. The Morgan fingerprint density at radius 2 is 2.32 bits per heavy atom. The smallest absolute Gasteiger partial charge is 0.245 e. The number of carbonyl (C=O) groups excluding carboxylic acids is 2. The maximum absolute atomic E-state index is 12.2. The molecule has 1 atom stereocenters. The lowest BCUT2D eigenvalue weighted by atomic mass is 10.2. The quantitative estimate of drug-likeness (QED) is 0.899. The first-order chi connectivity index (χ1) is 9.10. The molecule has 1 saturated heterocycles. The monoisotopic (exact) mass is 281 g/mol. The van der Waals surface area contributed by atoms with E-state index in [0.717, 1.165) is 17.1 Å². The molecule has 1 unspecified atom stereocenters.